The Morgan fingerprint density at radius 3 is 2.53 bits per heavy atom. The fourth-order valence-electron chi connectivity index (χ4n) is 6.00. The number of benzene rings is 1. The number of likely N-dealkylation sites (N-methyl/N-ethyl adjacent to an activating group) is 1. The van der Waals surface area contributed by atoms with Crippen molar-refractivity contribution in [2.24, 2.45) is 5.92 Å². The fraction of sp³-hybridized carbons (Fsp3) is 0.654. The van der Waals surface area contributed by atoms with Crippen LogP contribution < -0.4 is 16.0 Å². The van der Waals surface area contributed by atoms with Gasteiger partial charge in [0, 0.05) is 6.54 Å². The van der Waals surface area contributed by atoms with Gasteiger partial charge in [0.1, 0.15) is 19.9 Å². The Morgan fingerprint density at radius 1 is 1.06 bits per heavy atom. The number of nitrogens with one attached hydrogen (secondary N) is 3. The molecular formula is C26H39BN4O3. The first-order chi connectivity index (χ1) is 16.4. The zero-order valence-corrected chi connectivity index (χ0v) is 20.8. The Hall–Kier alpha value is -2.35. The molecule has 1 saturated heterocycles. The van der Waals surface area contributed by atoms with E-state index in [0.717, 1.165) is 38.5 Å². The second kappa shape index (κ2) is 10.9. The highest BCUT2D eigenvalue weighted by molar-refractivity contribution is 6.13. The normalized spacial score (nSPS) is 26.5. The minimum absolute atomic E-state index is 0.0217. The highest BCUT2D eigenvalue weighted by Crippen LogP contribution is 2.38. The molecule has 3 amide bonds. The van der Waals surface area contributed by atoms with Crippen LogP contribution in [0.4, 0.5) is 0 Å². The molecular weight excluding hydrogens is 427 g/mol. The maximum atomic E-state index is 13.8. The van der Waals surface area contributed by atoms with Gasteiger partial charge >= 0.3 is 0 Å². The van der Waals surface area contributed by atoms with Gasteiger partial charge in [-0.25, -0.2) is 0 Å². The molecule has 0 spiro atoms. The van der Waals surface area contributed by atoms with Crippen molar-refractivity contribution in [2.45, 2.75) is 88.3 Å². The van der Waals surface area contributed by atoms with E-state index in [1.54, 1.807) is 18.9 Å². The van der Waals surface area contributed by atoms with E-state index in [1.807, 2.05) is 12.1 Å². The van der Waals surface area contributed by atoms with Crippen molar-refractivity contribution >= 4 is 25.6 Å². The molecule has 2 aliphatic carbocycles. The molecule has 7 nitrogen and oxygen atoms in total. The molecule has 1 aromatic rings. The van der Waals surface area contributed by atoms with Gasteiger partial charge in [-0.2, -0.15) is 0 Å². The van der Waals surface area contributed by atoms with Crippen LogP contribution in [0.3, 0.4) is 0 Å². The number of nitrogens with zero attached hydrogens (tertiary/aromatic N) is 1. The van der Waals surface area contributed by atoms with Crippen molar-refractivity contribution in [1.29, 1.82) is 0 Å². The largest absolute Gasteiger partial charge is 0.348 e. The second-order valence-corrected chi connectivity index (χ2v) is 10.5. The third kappa shape index (κ3) is 5.17. The number of carbonyl (C=O) groups excluding carboxylic acids is 3. The fourth-order valence-corrected chi connectivity index (χ4v) is 6.00. The predicted molar refractivity (Wildman–Crippen MR) is 135 cm³/mol. The Balaban J connectivity index is 1.49. The number of carbonyl (C=O) groups is 3. The quantitative estimate of drug-likeness (QED) is 0.532. The summed E-state index contributed by atoms with van der Waals surface area (Å²) in [5, 5.41) is 9.27. The van der Waals surface area contributed by atoms with Crippen LogP contribution >= 0.6 is 0 Å². The van der Waals surface area contributed by atoms with E-state index in [0.29, 0.717) is 18.8 Å². The van der Waals surface area contributed by atoms with Crippen LogP contribution in [-0.4, -0.2) is 62.2 Å². The minimum atomic E-state index is -0.567. The summed E-state index contributed by atoms with van der Waals surface area (Å²) < 4.78 is 0. The third-order valence-corrected chi connectivity index (χ3v) is 8.15. The molecule has 34 heavy (non-hydrogen) atoms. The molecule has 0 bridgehead atoms. The topological polar surface area (TPSA) is 90.5 Å². The van der Waals surface area contributed by atoms with Crippen molar-refractivity contribution < 1.29 is 14.4 Å². The molecule has 3 N–H and O–H groups in total. The summed E-state index contributed by atoms with van der Waals surface area (Å²) in [6, 6.07) is 6.85. The smallest absolute Gasteiger partial charge is 0.246 e. The number of fused-ring (bicyclic) bond motifs is 1. The zero-order valence-electron chi connectivity index (χ0n) is 20.8. The second-order valence-electron chi connectivity index (χ2n) is 10.5. The monoisotopic (exact) mass is 466 g/mol. The maximum Gasteiger partial charge on any atom is 0.246 e. The van der Waals surface area contributed by atoms with E-state index in [-0.39, 0.29) is 35.7 Å². The summed E-state index contributed by atoms with van der Waals surface area (Å²) in [6.45, 7) is 2.36. The van der Waals surface area contributed by atoms with Crippen LogP contribution in [0.15, 0.2) is 24.3 Å². The number of likely N-dealkylation sites (tertiary alicyclic amines) is 1. The van der Waals surface area contributed by atoms with Gasteiger partial charge in [-0.1, -0.05) is 43.5 Å². The molecule has 1 saturated carbocycles. The first-order valence-electron chi connectivity index (χ1n) is 13.1. The lowest BCUT2D eigenvalue weighted by atomic mass is 9.81. The molecule has 5 atom stereocenters. The molecule has 3 aliphatic rings. The molecule has 4 rings (SSSR count). The molecule has 1 heterocycles. The maximum absolute atomic E-state index is 13.8. The van der Waals surface area contributed by atoms with E-state index in [4.69, 9.17) is 0 Å². The summed E-state index contributed by atoms with van der Waals surface area (Å²) in [6.07, 6.45) is 7.63. The van der Waals surface area contributed by atoms with Crippen LogP contribution in [0, 0.1) is 5.92 Å². The first-order valence-corrected chi connectivity index (χ1v) is 13.1. The average Bonchev–Trinajstić information content (AvgIpc) is 3.47. The van der Waals surface area contributed by atoms with E-state index in [9.17, 15) is 14.4 Å². The lowest BCUT2D eigenvalue weighted by molar-refractivity contribution is -0.143. The summed E-state index contributed by atoms with van der Waals surface area (Å²) in [4.78, 5) is 41.7. The lowest BCUT2D eigenvalue weighted by Crippen LogP contribution is -2.58. The van der Waals surface area contributed by atoms with Gasteiger partial charge in [0.05, 0.1) is 12.1 Å². The number of hydrogen-bond donors (Lipinski definition) is 3. The minimum Gasteiger partial charge on any atom is -0.348 e. The Morgan fingerprint density at radius 2 is 1.79 bits per heavy atom. The first kappa shape index (κ1) is 24.8. The lowest BCUT2D eigenvalue weighted by Gasteiger charge is -2.35. The molecule has 1 aliphatic heterocycles. The van der Waals surface area contributed by atoms with Gasteiger partial charge in [0.2, 0.25) is 17.7 Å². The SMILES string of the molecule is BC1Cc2ccccc2[C@@H]1NC(=O)[C@@H]1CCCN1C(=O)C(NC(=O)[C@H](C)NC)C1CCCCC1. The molecule has 8 heteroatoms. The van der Waals surface area contributed by atoms with Gasteiger partial charge in [0.25, 0.3) is 0 Å². The van der Waals surface area contributed by atoms with Crippen molar-refractivity contribution in [3.8, 4) is 0 Å². The highest BCUT2D eigenvalue weighted by Gasteiger charge is 2.42. The van der Waals surface area contributed by atoms with Gasteiger partial charge in [-0.15, -0.1) is 0 Å². The Labute approximate surface area is 204 Å². The van der Waals surface area contributed by atoms with Crippen LogP contribution in [-0.2, 0) is 20.8 Å². The summed E-state index contributed by atoms with van der Waals surface area (Å²) >= 11 is 0. The van der Waals surface area contributed by atoms with Gasteiger partial charge in [-0.3, -0.25) is 14.4 Å². The Kier molecular flexibility index (Phi) is 7.97. The van der Waals surface area contributed by atoms with Gasteiger partial charge in [0.15, 0.2) is 0 Å². The summed E-state index contributed by atoms with van der Waals surface area (Å²) in [7, 11) is 3.91. The van der Waals surface area contributed by atoms with Crippen molar-refractivity contribution in [3.63, 3.8) is 0 Å². The van der Waals surface area contributed by atoms with Crippen LogP contribution in [0.2, 0.25) is 5.82 Å². The van der Waals surface area contributed by atoms with E-state index in [1.165, 1.54) is 17.5 Å². The predicted octanol–water partition coefficient (Wildman–Crippen LogP) is 1.49. The van der Waals surface area contributed by atoms with Crippen molar-refractivity contribution in [3.05, 3.63) is 35.4 Å². The van der Waals surface area contributed by atoms with Crippen LogP contribution in [0.25, 0.3) is 0 Å². The van der Waals surface area contributed by atoms with Crippen LogP contribution in [0.5, 0.6) is 0 Å². The molecule has 0 aromatic heterocycles. The summed E-state index contributed by atoms with van der Waals surface area (Å²) in [5.74, 6) is 0.116. The standard InChI is InChI=1S/C26H39BN4O3/c1-16(28-2)24(32)29-22(17-9-4-3-5-10-17)26(34)31-14-8-13-21(31)25(33)30-23-19-12-7-6-11-18(19)15-20(23)27/h6-7,11-12,16-17,20-23,28H,3-5,8-10,13-15,27H2,1-2H3,(H,29,32)(H,30,33)/t16-,20?,21-,22?,23-/m0/s1. The number of hydrogen-bond acceptors (Lipinski definition) is 4. The molecule has 1 aromatic carbocycles. The number of rotatable bonds is 7. The van der Waals surface area contributed by atoms with E-state index in [2.05, 4.69) is 35.9 Å². The average molecular weight is 466 g/mol. The van der Waals surface area contributed by atoms with Crippen molar-refractivity contribution in [2.75, 3.05) is 13.6 Å². The van der Waals surface area contributed by atoms with Crippen LogP contribution in [0.1, 0.15) is 69.0 Å². The molecule has 184 valence electrons. The zero-order chi connectivity index (χ0) is 24.2. The number of amides is 3. The molecule has 0 radical (unpaired) electrons. The Bertz CT molecular complexity index is 904. The van der Waals surface area contributed by atoms with Gasteiger partial charge in [-0.05, 0) is 68.9 Å². The van der Waals surface area contributed by atoms with Gasteiger partial charge < -0.3 is 20.9 Å². The van der Waals surface area contributed by atoms with E-state index < -0.39 is 12.1 Å². The van der Waals surface area contributed by atoms with E-state index >= 15 is 0 Å². The van der Waals surface area contributed by atoms with Crippen molar-refractivity contribution in [1.82, 2.24) is 20.9 Å². The summed E-state index contributed by atoms with van der Waals surface area (Å²) in [5.41, 5.74) is 2.48. The highest BCUT2D eigenvalue weighted by atomic mass is 16.2. The molecule has 2 unspecified atom stereocenters. The third-order valence-electron chi connectivity index (χ3n) is 8.15. The molecule has 2 fully saturated rings.